The second kappa shape index (κ2) is 2.91. The lowest BCUT2D eigenvalue weighted by atomic mass is 9.98. The van der Waals surface area contributed by atoms with Crippen LogP contribution in [0.15, 0.2) is 18.2 Å². The molecule has 3 heteroatoms. The third-order valence-electron chi connectivity index (χ3n) is 4.19. The van der Waals surface area contributed by atoms with E-state index in [1.54, 1.807) is 0 Å². The molecule has 1 aromatic carbocycles. The number of fused-ring (bicyclic) bond motifs is 1. The van der Waals surface area contributed by atoms with Gasteiger partial charge in [-0.3, -0.25) is 4.68 Å². The van der Waals surface area contributed by atoms with Gasteiger partial charge in [0, 0.05) is 29.6 Å². The first-order chi connectivity index (χ1) is 8.19. The number of nitrogens with zero attached hydrogens (tertiary/aromatic N) is 2. The van der Waals surface area contributed by atoms with Gasteiger partial charge in [-0.15, -0.1) is 0 Å². The van der Waals surface area contributed by atoms with E-state index in [9.17, 15) is 0 Å². The molecule has 0 aliphatic heterocycles. The minimum Gasteiger partial charge on any atom is -0.321 e. The fraction of sp³-hybridized carbons (Fsp3) is 0.500. The molecule has 88 valence electrons. The molecule has 2 fully saturated rings. The highest BCUT2D eigenvalue weighted by Gasteiger charge is 2.43. The first-order valence-corrected chi connectivity index (χ1v) is 6.44. The summed E-state index contributed by atoms with van der Waals surface area (Å²) in [6, 6.07) is 6.40. The number of hydrogen-bond donors (Lipinski definition) is 1. The third-order valence-corrected chi connectivity index (χ3v) is 4.19. The summed E-state index contributed by atoms with van der Waals surface area (Å²) >= 11 is 0. The minimum atomic E-state index is -0.0633. The predicted octanol–water partition coefficient (Wildman–Crippen LogP) is 2.40. The summed E-state index contributed by atoms with van der Waals surface area (Å²) in [4.78, 5) is 0. The Hall–Kier alpha value is -1.35. The molecular formula is C14H17N3. The lowest BCUT2D eigenvalue weighted by molar-refractivity contribution is 0.719. The number of rotatable bonds is 2. The van der Waals surface area contributed by atoms with Crippen molar-refractivity contribution in [3.05, 3.63) is 29.5 Å². The van der Waals surface area contributed by atoms with Crippen molar-refractivity contribution in [2.45, 2.75) is 37.1 Å². The Labute approximate surface area is 101 Å². The molecule has 3 nitrogen and oxygen atoms in total. The van der Waals surface area contributed by atoms with Crippen LogP contribution in [0.4, 0.5) is 0 Å². The highest BCUT2D eigenvalue weighted by atomic mass is 15.3. The number of benzene rings is 1. The van der Waals surface area contributed by atoms with Crippen molar-refractivity contribution >= 4 is 10.9 Å². The second-order valence-electron chi connectivity index (χ2n) is 5.64. The van der Waals surface area contributed by atoms with Crippen LogP contribution < -0.4 is 5.73 Å². The van der Waals surface area contributed by atoms with E-state index in [1.807, 2.05) is 0 Å². The zero-order chi connectivity index (χ0) is 11.6. The number of aryl methyl sites for hydroxylation is 1. The van der Waals surface area contributed by atoms with Crippen LogP contribution in [0.3, 0.4) is 0 Å². The maximum Gasteiger partial charge on any atom is 0.0929 e. The highest BCUT2D eigenvalue weighted by molar-refractivity contribution is 5.87. The van der Waals surface area contributed by atoms with E-state index >= 15 is 0 Å². The average Bonchev–Trinajstić information content (AvgIpc) is 3.20. The van der Waals surface area contributed by atoms with Crippen LogP contribution in [0.1, 0.15) is 42.9 Å². The maximum absolute atomic E-state index is 6.40. The van der Waals surface area contributed by atoms with Gasteiger partial charge in [0.2, 0.25) is 0 Å². The van der Waals surface area contributed by atoms with Crippen molar-refractivity contribution in [3.63, 3.8) is 0 Å². The van der Waals surface area contributed by atoms with Gasteiger partial charge < -0.3 is 5.73 Å². The van der Waals surface area contributed by atoms with Crippen molar-refractivity contribution in [3.8, 4) is 0 Å². The molecule has 0 saturated heterocycles. The molecule has 4 rings (SSSR count). The Morgan fingerprint density at radius 2 is 2.12 bits per heavy atom. The van der Waals surface area contributed by atoms with Crippen molar-refractivity contribution in [2.75, 3.05) is 0 Å². The Morgan fingerprint density at radius 3 is 2.76 bits per heavy atom. The van der Waals surface area contributed by atoms with Gasteiger partial charge in [0.25, 0.3) is 0 Å². The van der Waals surface area contributed by atoms with Gasteiger partial charge in [0.05, 0.1) is 5.52 Å². The maximum atomic E-state index is 6.40. The molecule has 0 bridgehead atoms. The summed E-state index contributed by atoms with van der Waals surface area (Å²) in [7, 11) is 2.06. The van der Waals surface area contributed by atoms with E-state index in [4.69, 9.17) is 5.73 Å². The largest absolute Gasteiger partial charge is 0.321 e. The monoisotopic (exact) mass is 227 g/mol. The Kier molecular flexibility index (Phi) is 1.65. The lowest BCUT2D eigenvalue weighted by Crippen LogP contribution is -2.19. The standard InChI is InChI=1S/C14H17N3/c1-17-13(9-5-6-9)12-10(14(15)7-8-14)3-2-4-11(12)16-17/h2-4,9H,5-8,15H2,1H3. The Morgan fingerprint density at radius 1 is 1.35 bits per heavy atom. The second-order valence-corrected chi connectivity index (χ2v) is 5.64. The Bertz CT molecular complexity index is 603. The average molecular weight is 227 g/mol. The van der Waals surface area contributed by atoms with Crippen LogP contribution in [0, 0.1) is 0 Å². The SMILES string of the molecule is Cn1nc2cccc(C3(N)CC3)c2c1C1CC1. The van der Waals surface area contributed by atoms with Gasteiger partial charge in [0.1, 0.15) is 0 Å². The molecule has 1 heterocycles. The lowest BCUT2D eigenvalue weighted by Gasteiger charge is -2.11. The topological polar surface area (TPSA) is 43.8 Å². The fourth-order valence-electron chi connectivity index (χ4n) is 2.91. The van der Waals surface area contributed by atoms with E-state index in [1.165, 1.54) is 29.5 Å². The first-order valence-electron chi connectivity index (χ1n) is 6.44. The molecule has 2 saturated carbocycles. The summed E-state index contributed by atoms with van der Waals surface area (Å²) in [5.74, 6) is 0.716. The molecule has 0 radical (unpaired) electrons. The summed E-state index contributed by atoms with van der Waals surface area (Å²) in [5, 5.41) is 5.98. The van der Waals surface area contributed by atoms with Crippen LogP contribution >= 0.6 is 0 Å². The van der Waals surface area contributed by atoms with Crippen LogP contribution in [0.25, 0.3) is 10.9 Å². The minimum absolute atomic E-state index is 0.0633. The molecule has 2 aliphatic rings. The van der Waals surface area contributed by atoms with E-state index in [-0.39, 0.29) is 5.54 Å². The fourth-order valence-corrected chi connectivity index (χ4v) is 2.91. The molecule has 0 atom stereocenters. The van der Waals surface area contributed by atoms with E-state index in [2.05, 4.69) is 35.0 Å². The van der Waals surface area contributed by atoms with Crippen molar-refractivity contribution in [2.24, 2.45) is 12.8 Å². The number of hydrogen-bond acceptors (Lipinski definition) is 2. The summed E-state index contributed by atoms with van der Waals surface area (Å²) in [6.07, 6.45) is 4.84. The predicted molar refractivity (Wildman–Crippen MR) is 67.8 cm³/mol. The molecule has 2 aromatic rings. The van der Waals surface area contributed by atoms with Crippen LogP contribution in [0.2, 0.25) is 0 Å². The quantitative estimate of drug-likeness (QED) is 0.856. The number of nitrogens with two attached hydrogens (primary N) is 1. The summed E-state index contributed by atoms with van der Waals surface area (Å²) in [6.45, 7) is 0. The van der Waals surface area contributed by atoms with E-state index < -0.39 is 0 Å². The normalized spacial score (nSPS) is 22.0. The van der Waals surface area contributed by atoms with E-state index in [0.29, 0.717) is 5.92 Å². The highest BCUT2D eigenvalue weighted by Crippen LogP contribution is 2.49. The Balaban J connectivity index is 2.06. The number of aromatic nitrogens is 2. The van der Waals surface area contributed by atoms with Gasteiger partial charge in [-0.05, 0) is 37.3 Å². The van der Waals surface area contributed by atoms with Gasteiger partial charge in [-0.25, -0.2) is 0 Å². The zero-order valence-electron chi connectivity index (χ0n) is 10.1. The van der Waals surface area contributed by atoms with Crippen molar-refractivity contribution in [1.82, 2.24) is 9.78 Å². The third kappa shape index (κ3) is 1.29. The van der Waals surface area contributed by atoms with Gasteiger partial charge in [-0.1, -0.05) is 12.1 Å². The van der Waals surface area contributed by atoms with Crippen LogP contribution in [-0.4, -0.2) is 9.78 Å². The van der Waals surface area contributed by atoms with Gasteiger partial charge in [-0.2, -0.15) is 5.10 Å². The molecule has 17 heavy (non-hydrogen) atoms. The molecule has 2 aliphatic carbocycles. The molecule has 1 aromatic heterocycles. The molecule has 0 unspecified atom stereocenters. The zero-order valence-corrected chi connectivity index (χ0v) is 10.1. The molecule has 0 spiro atoms. The van der Waals surface area contributed by atoms with Crippen LogP contribution in [-0.2, 0) is 12.6 Å². The van der Waals surface area contributed by atoms with Gasteiger partial charge >= 0.3 is 0 Å². The molecular weight excluding hydrogens is 210 g/mol. The van der Waals surface area contributed by atoms with Gasteiger partial charge in [0.15, 0.2) is 0 Å². The van der Waals surface area contributed by atoms with Crippen molar-refractivity contribution < 1.29 is 0 Å². The van der Waals surface area contributed by atoms with Crippen LogP contribution in [0.5, 0.6) is 0 Å². The smallest absolute Gasteiger partial charge is 0.0929 e. The summed E-state index contributed by atoms with van der Waals surface area (Å²) in [5.41, 5.74) is 10.2. The first kappa shape index (κ1) is 9.66. The summed E-state index contributed by atoms with van der Waals surface area (Å²) < 4.78 is 2.07. The molecule has 0 amide bonds. The molecule has 2 N–H and O–H groups in total. The van der Waals surface area contributed by atoms with Crippen molar-refractivity contribution in [1.29, 1.82) is 0 Å². The van der Waals surface area contributed by atoms with E-state index in [0.717, 1.165) is 18.4 Å².